The van der Waals surface area contributed by atoms with Crippen molar-refractivity contribution >= 4 is 21.7 Å². The van der Waals surface area contributed by atoms with E-state index in [-0.39, 0.29) is 4.90 Å². The Labute approximate surface area is 140 Å². The molecule has 0 fully saturated rings. The van der Waals surface area contributed by atoms with Gasteiger partial charge in [0.15, 0.2) is 6.61 Å². The van der Waals surface area contributed by atoms with Crippen LogP contribution in [-0.4, -0.2) is 32.6 Å². The van der Waals surface area contributed by atoms with E-state index in [1.54, 1.807) is 0 Å². The van der Waals surface area contributed by atoms with E-state index in [4.69, 9.17) is 9.84 Å². The van der Waals surface area contributed by atoms with Gasteiger partial charge in [-0.15, -0.1) is 0 Å². The van der Waals surface area contributed by atoms with Crippen molar-refractivity contribution in [2.75, 3.05) is 17.5 Å². The van der Waals surface area contributed by atoms with E-state index in [1.807, 2.05) is 24.3 Å². The zero-order valence-corrected chi connectivity index (χ0v) is 13.7. The summed E-state index contributed by atoms with van der Waals surface area (Å²) < 4.78 is 32.3. The summed E-state index contributed by atoms with van der Waals surface area (Å²) >= 11 is 0. The zero-order chi connectivity index (χ0) is 17.2. The van der Waals surface area contributed by atoms with Crippen LogP contribution in [0.25, 0.3) is 0 Å². The Kier molecular flexibility index (Phi) is 4.44. The van der Waals surface area contributed by atoms with E-state index < -0.39 is 22.6 Å². The summed E-state index contributed by atoms with van der Waals surface area (Å²) in [7, 11) is -3.66. The first-order chi connectivity index (χ1) is 11.5. The number of aryl methyl sites for hydroxylation is 1. The van der Waals surface area contributed by atoms with E-state index in [0.717, 1.165) is 24.1 Å². The SMILES string of the molecule is O=C(O)COc1ccc(S(=O)(=O)N2CCCc3ccccc32)cc1. The summed E-state index contributed by atoms with van der Waals surface area (Å²) in [6.45, 7) is -0.0256. The maximum Gasteiger partial charge on any atom is 0.341 e. The Morgan fingerprint density at radius 2 is 1.83 bits per heavy atom. The maximum atomic E-state index is 12.9. The monoisotopic (exact) mass is 347 g/mol. The fourth-order valence-electron chi connectivity index (χ4n) is 2.73. The second-order valence-electron chi connectivity index (χ2n) is 5.46. The van der Waals surface area contributed by atoms with Crippen molar-refractivity contribution in [2.24, 2.45) is 0 Å². The second-order valence-corrected chi connectivity index (χ2v) is 7.33. The number of ether oxygens (including phenoxy) is 1. The number of nitrogens with zero attached hydrogens (tertiary/aromatic N) is 1. The number of hydrogen-bond donors (Lipinski definition) is 1. The fourth-order valence-corrected chi connectivity index (χ4v) is 4.27. The van der Waals surface area contributed by atoms with Crippen molar-refractivity contribution in [3.8, 4) is 5.75 Å². The number of rotatable bonds is 5. The molecule has 0 saturated heterocycles. The average Bonchev–Trinajstić information content (AvgIpc) is 2.59. The van der Waals surface area contributed by atoms with Crippen LogP contribution in [0.5, 0.6) is 5.75 Å². The summed E-state index contributed by atoms with van der Waals surface area (Å²) in [4.78, 5) is 10.6. The molecule has 1 aliphatic rings. The largest absolute Gasteiger partial charge is 0.482 e. The van der Waals surface area contributed by atoms with E-state index in [2.05, 4.69) is 0 Å². The molecule has 3 rings (SSSR count). The molecule has 0 amide bonds. The minimum atomic E-state index is -3.66. The Bertz CT molecular complexity index is 846. The van der Waals surface area contributed by atoms with Crippen molar-refractivity contribution in [3.63, 3.8) is 0 Å². The highest BCUT2D eigenvalue weighted by Crippen LogP contribution is 2.32. The molecule has 7 heteroatoms. The lowest BCUT2D eigenvalue weighted by Crippen LogP contribution is -2.35. The van der Waals surface area contributed by atoms with Crippen molar-refractivity contribution in [1.29, 1.82) is 0 Å². The fraction of sp³-hybridized carbons (Fsp3) is 0.235. The van der Waals surface area contributed by atoms with Gasteiger partial charge in [-0.2, -0.15) is 0 Å². The van der Waals surface area contributed by atoms with E-state index in [9.17, 15) is 13.2 Å². The third kappa shape index (κ3) is 3.21. The normalized spacial score (nSPS) is 14.1. The van der Waals surface area contributed by atoms with Gasteiger partial charge in [0.05, 0.1) is 10.6 Å². The molecule has 0 aliphatic carbocycles. The van der Waals surface area contributed by atoms with Crippen LogP contribution < -0.4 is 9.04 Å². The Hall–Kier alpha value is -2.54. The molecule has 0 unspecified atom stereocenters. The number of sulfonamides is 1. The predicted molar refractivity (Wildman–Crippen MR) is 88.9 cm³/mol. The molecule has 24 heavy (non-hydrogen) atoms. The Morgan fingerprint density at radius 3 is 2.54 bits per heavy atom. The van der Waals surface area contributed by atoms with Gasteiger partial charge in [0.1, 0.15) is 5.75 Å². The number of carboxylic acid groups (broad SMARTS) is 1. The molecule has 1 aliphatic heterocycles. The van der Waals surface area contributed by atoms with Gasteiger partial charge < -0.3 is 9.84 Å². The Morgan fingerprint density at radius 1 is 1.12 bits per heavy atom. The highest BCUT2D eigenvalue weighted by Gasteiger charge is 2.28. The third-order valence-electron chi connectivity index (χ3n) is 3.84. The number of anilines is 1. The minimum Gasteiger partial charge on any atom is -0.482 e. The molecule has 1 N–H and O–H groups in total. The topological polar surface area (TPSA) is 83.9 Å². The number of para-hydroxylation sites is 1. The van der Waals surface area contributed by atoms with Crippen LogP contribution in [-0.2, 0) is 21.2 Å². The van der Waals surface area contributed by atoms with Crippen LogP contribution in [0, 0.1) is 0 Å². The standard InChI is InChI=1S/C17H17NO5S/c19-17(20)12-23-14-7-9-15(10-8-14)24(21,22)18-11-3-5-13-4-1-2-6-16(13)18/h1-2,4,6-10H,3,5,11-12H2,(H,19,20). The molecule has 0 radical (unpaired) electrons. The molecule has 2 aromatic carbocycles. The number of carbonyl (C=O) groups is 1. The number of hydrogen-bond acceptors (Lipinski definition) is 4. The summed E-state index contributed by atoms with van der Waals surface area (Å²) in [6, 6.07) is 13.3. The second kappa shape index (κ2) is 6.52. The van der Waals surface area contributed by atoms with Crippen LogP contribution in [0.3, 0.4) is 0 Å². The molecular weight excluding hydrogens is 330 g/mol. The lowest BCUT2D eigenvalue weighted by molar-refractivity contribution is -0.139. The molecule has 0 bridgehead atoms. The van der Waals surface area contributed by atoms with Crippen LogP contribution in [0.4, 0.5) is 5.69 Å². The minimum absolute atomic E-state index is 0.155. The van der Waals surface area contributed by atoms with Crippen LogP contribution in [0.2, 0.25) is 0 Å². The van der Waals surface area contributed by atoms with Gasteiger partial charge in [-0.05, 0) is 48.7 Å². The first-order valence-electron chi connectivity index (χ1n) is 7.54. The van der Waals surface area contributed by atoms with Gasteiger partial charge in [-0.3, -0.25) is 4.31 Å². The number of aliphatic carboxylic acids is 1. The quantitative estimate of drug-likeness (QED) is 0.897. The third-order valence-corrected chi connectivity index (χ3v) is 5.67. The summed E-state index contributed by atoms with van der Waals surface area (Å²) in [5.74, 6) is -0.771. The van der Waals surface area contributed by atoms with Crippen molar-refractivity contribution in [2.45, 2.75) is 17.7 Å². The average molecular weight is 347 g/mol. The number of fused-ring (bicyclic) bond motifs is 1. The van der Waals surface area contributed by atoms with Gasteiger partial charge in [-0.25, -0.2) is 13.2 Å². The molecule has 6 nitrogen and oxygen atoms in total. The smallest absolute Gasteiger partial charge is 0.341 e. The summed E-state index contributed by atoms with van der Waals surface area (Å²) in [5, 5.41) is 8.59. The highest BCUT2D eigenvalue weighted by molar-refractivity contribution is 7.92. The number of carboxylic acids is 1. The highest BCUT2D eigenvalue weighted by atomic mass is 32.2. The molecule has 1 heterocycles. The molecule has 0 aromatic heterocycles. The first-order valence-corrected chi connectivity index (χ1v) is 8.98. The molecular formula is C17H17NO5S. The molecule has 0 spiro atoms. The van der Waals surface area contributed by atoms with Gasteiger partial charge in [0, 0.05) is 6.54 Å². The van der Waals surface area contributed by atoms with E-state index >= 15 is 0 Å². The first kappa shape index (κ1) is 16.3. The van der Waals surface area contributed by atoms with E-state index in [0.29, 0.717) is 12.3 Å². The molecule has 2 aromatic rings. The van der Waals surface area contributed by atoms with Crippen LogP contribution in [0.1, 0.15) is 12.0 Å². The predicted octanol–water partition coefficient (Wildman–Crippen LogP) is 2.29. The van der Waals surface area contributed by atoms with Gasteiger partial charge in [0.2, 0.25) is 0 Å². The van der Waals surface area contributed by atoms with Crippen LogP contribution in [0.15, 0.2) is 53.4 Å². The van der Waals surface area contributed by atoms with Gasteiger partial charge in [0.25, 0.3) is 10.0 Å². The summed E-state index contributed by atoms with van der Waals surface area (Å²) in [5.41, 5.74) is 1.74. The molecule has 126 valence electrons. The van der Waals surface area contributed by atoms with Crippen molar-refractivity contribution in [1.82, 2.24) is 0 Å². The lowest BCUT2D eigenvalue weighted by Gasteiger charge is -2.30. The maximum absolute atomic E-state index is 12.9. The van der Waals surface area contributed by atoms with Crippen LogP contribution >= 0.6 is 0 Å². The van der Waals surface area contributed by atoms with E-state index in [1.165, 1.54) is 28.6 Å². The zero-order valence-electron chi connectivity index (χ0n) is 12.9. The van der Waals surface area contributed by atoms with Crippen molar-refractivity contribution < 1.29 is 23.1 Å². The molecule has 0 atom stereocenters. The van der Waals surface area contributed by atoms with Gasteiger partial charge in [-0.1, -0.05) is 18.2 Å². The van der Waals surface area contributed by atoms with Gasteiger partial charge >= 0.3 is 5.97 Å². The Balaban J connectivity index is 1.87. The number of benzene rings is 2. The lowest BCUT2D eigenvalue weighted by atomic mass is 10.0. The summed E-state index contributed by atoms with van der Waals surface area (Å²) in [6.07, 6.45) is 1.64. The van der Waals surface area contributed by atoms with Crippen molar-refractivity contribution in [3.05, 3.63) is 54.1 Å². The molecule has 0 saturated carbocycles.